The molecule has 1 aromatic rings. The van der Waals surface area contributed by atoms with Crippen molar-refractivity contribution in [3.63, 3.8) is 0 Å². The molecule has 25 heavy (non-hydrogen) atoms. The van der Waals surface area contributed by atoms with Crippen molar-refractivity contribution < 1.29 is 9.53 Å². The van der Waals surface area contributed by atoms with Crippen LogP contribution in [-0.2, 0) is 18.3 Å². The molecular weight excluding hydrogens is 318 g/mol. The molecule has 0 N–H and O–H groups in total. The summed E-state index contributed by atoms with van der Waals surface area (Å²) in [5.74, 6) is 0. The van der Waals surface area contributed by atoms with Crippen molar-refractivity contribution in [2.45, 2.75) is 39.3 Å². The third-order valence-electron chi connectivity index (χ3n) is 5.57. The van der Waals surface area contributed by atoms with Crippen molar-refractivity contribution >= 4 is 6.09 Å². The van der Waals surface area contributed by atoms with Crippen molar-refractivity contribution in [2.24, 2.45) is 7.05 Å². The Balaban J connectivity index is 1.50. The smallest absolute Gasteiger partial charge is 0.409 e. The first-order valence-electron chi connectivity index (χ1n) is 9.44. The molecule has 3 heterocycles. The highest BCUT2D eigenvalue weighted by molar-refractivity contribution is 5.67. The zero-order valence-electron chi connectivity index (χ0n) is 15.8. The Morgan fingerprint density at radius 2 is 2.04 bits per heavy atom. The van der Waals surface area contributed by atoms with Gasteiger partial charge in [0.1, 0.15) is 0 Å². The van der Waals surface area contributed by atoms with Crippen molar-refractivity contribution in [1.29, 1.82) is 0 Å². The molecule has 2 aliphatic heterocycles. The molecule has 1 amide bonds. The monoisotopic (exact) mass is 349 g/mol. The van der Waals surface area contributed by atoms with Gasteiger partial charge in [-0.25, -0.2) is 4.79 Å². The van der Waals surface area contributed by atoms with E-state index in [-0.39, 0.29) is 6.09 Å². The highest BCUT2D eigenvalue weighted by Crippen LogP contribution is 2.20. The third kappa shape index (κ3) is 4.33. The number of ether oxygens (including phenoxy) is 1. The van der Waals surface area contributed by atoms with Gasteiger partial charge in [0.25, 0.3) is 0 Å². The summed E-state index contributed by atoms with van der Waals surface area (Å²) in [4.78, 5) is 18.8. The first-order valence-corrected chi connectivity index (χ1v) is 9.44. The van der Waals surface area contributed by atoms with E-state index in [9.17, 15) is 4.79 Å². The molecule has 0 aromatic carbocycles. The molecule has 0 saturated carbocycles. The van der Waals surface area contributed by atoms with E-state index in [1.54, 1.807) is 0 Å². The van der Waals surface area contributed by atoms with Crippen LogP contribution < -0.4 is 0 Å². The van der Waals surface area contributed by atoms with Gasteiger partial charge in [-0.3, -0.25) is 14.5 Å². The molecule has 140 valence electrons. The molecule has 7 heteroatoms. The number of nitrogens with zero attached hydrogens (tertiary/aromatic N) is 5. The van der Waals surface area contributed by atoms with Gasteiger partial charge in [0.05, 0.1) is 12.8 Å². The second kappa shape index (κ2) is 8.19. The van der Waals surface area contributed by atoms with E-state index in [1.165, 1.54) is 24.1 Å². The fraction of sp³-hybridized carbons (Fsp3) is 0.778. The summed E-state index contributed by atoms with van der Waals surface area (Å²) in [6.07, 6.45) is 4.32. The minimum atomic E-state index is -0.167. The number of piperazine rings is 1. The number of carbonyl (C=O) groups excluding carboxylic acids is 1. The first-order chi connectivity index (χ1) is 12.1. The Bertz CT molecular complexity index is 580. The third-order valence-corrected chi connectivity index (χ3v) is 5.57. The molecule has 0 spiro atoms. The van der Waals surface area contributed by atoms with Crippen LogP contribution in [0.15, 0.2) is 6.20 Å². The maximum Gasteiger partial charge on any atom is 0.409 e. The van der Waals surface area contributed by atoms with Crippen LogP contribution in [0.4, 0.5) is 4.79 Å². The van der Waals surface area contributed by atoms with Crippen LogP contribution in [0.3, 0.4) is 0 Å². The van der Waals surface area contributed by atoms with Crippen molar-refractivity contribution in [2.75, 3.05) is 45.9 Å². The van der Waals surface area contributed by atoms with E-state index < -0.39 is 0 Å². The fourth-order valence-electron chi connectivity index (χ4n) is 3.90. The summed E-state index contributed by atoms with van der Waals surface area (Å²) in [6.45, 7) is 11.1. The summed E-state index contributed by atoms with van der Waals surface area (Å²) in [5.41, 5.74) is 2.58. The van der Waals surface area contributed by atoms with E-state index in [4.69, 9.17) is 4.74 Å². The van der Waals surface area contributed by atoms with Crippen molar-refractivity contribution in [3.8, 4) is 0 Å². The van der Waals surface area contributed by atoms with Crippen LogP contribution in [-0.4, -0.2) is 82.5 Å². The molecule has 3 rings (SSSR count). The molecule has 2 aliphatic rings. The lowest BCUT2D eigenvalue weighted by molar-refractivity contribution is 0.0412. The molecular formula is C18H31N5O2. The normalized spacial score (nSPS) is 23.0. The van der Waals surface area contributed by atoms with Crippen LogP contribution in [0, 0.1) is 6.92 Å². The van der Waals surface area contributed by atoms with E-state index in [0.717, 1.165) is 45.8 Å². The van der Waals surface area contributed by atoms with Gasteiger partial charge >= 0.3 is 6.09 Å². The molecule has 2 saturated heterocycles. The van der Waals surface area contributed by atoms with Crippen molar-refractivity contribution in [3.05, 3.63) is 17.5 Å². The lowest BCUT2D eigenvalue weighted by atomic mass is 10.0. The number of amides is 1. The SMILES string of the molecule is CCOC(=O)N1CCN([C@@H]2CCCN(Cc3cnn(C)c3C)C2)CC1. The standard InChI is InChI=1S/C18H31N5O2/c1-4-25-18(24)23-10-8-22(9-11-23)17-6-5-7-21(14-17)13-16-12-19-20(3)15(16)2/h12,17H,4-11,13-14H2,1-3H3/t17-/m1/s1. The molecule has 2 fully saturated rings. The molecule has 1 aromatic heterocycles. The van der Waals surface area contributed by atoms with Gasteiger partial charge in [-0.15, -0.1) is 0 Å². The Morgan fingerprint density at radius 3 is 2.68 bits per heavy atom. The predicted octanol–water partition coefficient (Wildman–Crippen LogP) is 1.47. The van der Waals surface area contributed by atoms with Gasteiger partial charge in [0, 0.05) is 63.6 Å². The summed E-state index contributed by atoms with van der Waals surface area (Å²) in [5, 5.41) is 4.36. The van der Waals surface area contributed by atoms with E-state index in [0.29, 0.717) is 12.6 Å². The van der Waals surface area contributed by atoms with E-state index in [1.807, 2.05) is 29.7 Å². The van der Waals surface area contributed by atoms with Gasteiger partial charge in [0.2, 0.25) is 0 Å². The maximum atomic E-state index is 11.8. The maximum absolute atomic E-state index is 11.8. The summed E-state index contributed by atoms with van der Waals surface area (Å²) in [7, 11) is 2.00. The lowest BCUT2D eigenvalue weighted by Gasteiger charge is -2.43. The molecule has 0 radical (unpaired) electrons. The van der Waals surface area contributed by atoms with Crippen molar-refractivity contribution in [1.82, 2.24) is 24.5 Å². The number of hydrogen-bond donors (Lipinski definition) is 0. The number of piperidine rings is 1. The summed E-state index contributed by atoms with van der Waals surface area (Å²) >= 11 is 0. The number of rotatable bonds is 4. The molecule has 7 nitrogen and oxygen atoms in total. The average Bonchev–Trinajstić information content (AvgIpc) is 2.94. The number of carbonyl (C=O) groups is 1. The van der Waals surface area contributed by atoms with Gasteiger partial charge in [0.15, 0.2) is 0 Å². The second-order valence-electron chi connectivity index (χ2n) is 7.13. The topological polar surface area (TPSA) is 53.8 Å². The molecule has 0 bridgehead atoms. The predicted molar refractivity (Wildman–Crippen MR) is 96.4 cm³/mol. The Hall–Kier alpha value is -1.60. The highest BCUT2D eigenvalue weighted by atomic mass is 16.6. The van der Waals surface area contributed by atoms with Crippen LogP contribution >= 0.6 is 0 Å². The lowest BCUT2D eigenvalue weighted by Crippen LogP contribution is -2.55. The fourth-order valence-corrected chi connectivity index (χ4v) is 3.90. The summed E-state index contributed by atoms with van der Waals surface area (Å²) < 4.78 is 7.06. The molecule has 0 unspecified atom stereocenters. The Morgan fingerprint density at radius 1 is 1.28 bits per heavy atom. The van der Waals surface area contributed by atoms with Gasteiger partial charge in [-0.1, -0.05) is 0 Å². The van der Waals surface area contributed by atoms with Crippen LogP contribution in [0.25, 0.3) is 0 Å². The Kier molecular flexibility index (Phi) is 5.96. The summed E-state index contributed by atoms with van der Waals surface area (Å²) in [6, 6.07) is 0.593. The van der Waals surface area contributed by atoms with Crippen LogP contribution in [0.1, 0.15) is 31.0 Å². The highest BCUT2D eigenvalue weighted by Gasteiger charge is 2.30. The minimum absolute atomic E-state index is 0.167. The van der Waals surface area contributed by atoms with Gasteiger partial charge in [-0.2, -0.15) is 5.10 Å². The second-order valence-corrected chi connectivity index (χ2v) is 7.13. The zero-order valence-corrected chi connectivity index (χ0v) is 15.8. The van der Waals surface area contributed by atoms with Gasteiger partial charge in [-0.05, 0) is 33.2 Å². The average molecular weight is 349 g/mol. The number of likely N-dealkylation sites (tertiary alicyclic amines) is 1. The van der Waals surface area contributed by atoms with Gasteiger partial charge < -0.3 is 9.64 Å². The molecule has 1 atom stereocenters. The number of aryl methyl sites for hydroxylation is 1. The number of aromatic nitrogens is 2. The minimum Gasteiger partial charge on any atom is -0.450 e. The van der Waals surface area contributed by atoms with Crippen LogP contribution in [0.2, 0.25) is 0 Å². The largest absolute Gasteiger partial charge is 0.450 e. The zero-order chi connectivity index (χ0) is 17.8. The number of hydrogen-bond acceptors (Lipinski definition) is 5. The van der Waals surface area contributed by atoms with E-state index >= 15 is 0 Å². The van der Waals surface area contributed by atoms with Crippen LogP contribution in [0.5, 0.6) is 0 Å². The first kappa shape index (κ1) is 18.2. The quantitative estimate of drug-likeness (QED) is 0.824. The Labute approximate surface area is 150 Å². The molecule has 0 aliphatic carbocycles. The van der Waals surface area contributed by atoms with E-state index in [2.05, 4.69) is 21.8 Å².